The van der Waals surface area contributed by atoms with Gasteiger partial charge in [0, 0.05) is 24.8 Å². The van der Waals surface area contributed by atoms with Gasteiger partial charge in [-0.2, -0.15) is 4.31 Å². The molecule has 2 aromatic carbocycles. The third-order valence-corrected chi connectivity index (χ3v) is 6.50. The van der Waals surface area contributed by atoms with Crippen LogP contribution in [-0.2, 0) is 10.0 Å². The molecule has 1 aliphatic heterocycles. The molecule has 0 saturated carbocycles. The van der Waals surface area contributed by atoms with Gasteiger partial charge in [0.05, 0.1) is 4.90 Å². The van der Waals surface area contributed by atoms with Gasteiger partial charge in [0.2, 0.25) is 10.0 Å². The van der Waals surface area contributed by atoms with Crippen molar-refractivity contribution in [1.82, 2.24) is 4.31 Å². The lowest BCUT2D eigenvalue weighted by Gasteiger charge is -2.32. The highest BCUT2D eigenvalue weighted by atomic mass is 32.2. The van der Waals surface area contributed by atoms with Crippen LogP contribution in [0.2, 0.25) is 0 Å². The minimum Gasteiger partial charge on any atom is -0.382 e. The van der Waals surface area contributed by atoms with Crippen molar-refractivity contribution in [2.24, 2.45) is 0 Å². The van der Waals surface area contributed by atoms with Crippen molar-refractivity contribution in [3.8, 4) is 0 Å². The van der Waals surface area contributed by atoms with Crippen molar-refractivity contribution in [1.29, 1.82) is 0 Å². The van der Waals surface area contributed by atoms with E-state index in [1.807, 2.05) is 6.07 Å². The van der Waals surface area contributed by atoms with Gasteiger partial charge in [0.15, 0.2) is 0 Å². The predicted molar refractivity (Wildman–Crippen MR) is 97.8 cm³/mol. The molecule has 5 heteroatoms. The van der Waals surface area contributed by atoms with Crippen molar-refractivity contribution in [3.05, 3.63) is 59.7 Å². The highest BCUT2D eigenvalue weighted by molar-refractivity contribution is 7.89. The van der Waals surface area contributed by atoms with Crippen LogP contribution in [0.15, 0.2) is 53.4 Å². The summed E-state index contributed by atoms with van der Waals surface area (Å²) in [4.78, 5) is 0.380. The van der Waals surface area contributed by atoms with E-state index in [1.54, 1.807) is 28.6 Å². The molecule has 0 amide bonds. The lowest BCUT2D eigenvalue weighted by molar-refractivity contribution is 0.329. The average Bonchev–Trinajstić information content (AvgIpc) is 2.59. The maximum atomic E-state index is 12.7. The van der Waals surface area contributed by atoms with Gasteiger partial charge < -0.3 is 5.32 Å². The number of benzene rings is 2. The summed E-state index contributed by atoms with van der Waals surface area (Å²) in [5.74, 6) is 0. The van der Waals surface area contributed by atoms with Gasteiger partial charge >= 0.3 is 0 Å². The number of nitrogens with one attached hydrogen (secondary N) is 1. The quantitative estimate of drug-likeness (QED) is 0.922. The predicted octanol–water partition coefficient (Wildman–Crippen LogP) is 3.57. The van der Waals surface area contributed by atoms with Gasteiger partial charge in [-0.3, -0.25) is 0 Å². The molecule has 128 valence electrons. The molecule has 2 aromatic rings. The highest BCUT2D eigenvalue weighted by Crippen LogP contribution is 2.24. The zero-order chi connectivity index (χ0) is 17.2. The molecule has 0 unspecified atom stereocenters. The van der Waals surface area contributed by atoms with Gasteiger partial charge in [-0.25, -0.2) is 8.42 Å². The summed E-state index contributed by atoms with van der Waals surface area (Å²) in [6, 6.07) is 15.4. The Morgan fingerprint density at radius 2 is 1.67 bits per heavy atom. The zero-order valence-corrected chi connectivity index (χ0v) is 15.0. The largest absolute Gasteiger partial charge is 0.382 e. The molecule has 4 nitrogen and oxygen atoms in total. The van der Waals surface area contributed by atoms with E-state index in [-0.39, 0.29) is 0 Å². The fraction of sp³-hybridized carbons (Fsp3) is 0.368. The van der Waals surface area contributed by atoms with Crippen molar-refractivity contribution >= 4 is 15.7 Å². The molecule has 1 saturated heterocycles. The first-order chi connectivity index (χ1) is 11.5. The second kappa shape index (κ2) is 6.95. The number of piperidine rings is 1. The standard InChI is InChI=1S/C19H24N2O2S/c1-15-8-9-16(2)19(14-15)20-17-10-12-21(13-11-17)24(22,23)18-6-4-3-5-7-18/h3-9,14,17,20H,10-13H2,1-2H3. The van der Waals surface area contributed by atoms with E-state index in [9.17, 15) is 8.42 Å². The van der Waals surface area contributed by atoms with Crippen molar-refractivity contribution in [2.45, 2.75) is 37.6 Å². The SMILES string of the molecule is Cc1ccc(C)c(NC2CCN(S(=O)(=O)c3ccccc3)CC2)c1. The number of rotatable bonds is 4. The van der Waals surface area contributed by atoms with Crippen LogP contribution in [0.4, 0.5) is 5.69 Å². The van der Waals surface area contributed by atoms with E-state index in [4.69, 9.17) is 0 Å². The third-order valence-electron chi connectivity index (χ3n) is 4.59. The highest BCUT2D eigenvalue weighted by Gasteiger charge is 2.29. The van der Waals surface area contributed by atoms with E-state index < -0.39 is 10.0 Å². The molecule has 0 aromatic heterocycles. The lowest BCUT2D eigenvalue weighted by Crippen LogP contribution is -2.42. The molecule has 1 heterocycles. The van der Waals surface area contributed by atoms with Crippen LogP contribution >= 0.6 is 0 Å². The third kappa shape index (κ3) is 3.62. The second-order valence-electron chi connectivity index (χ2n) is 6.45. The summed E-state index contributed by atoms with van der Waals surface area (Å²) in [5, 5.41) is 3.58. The number of sulfonamides is 1. The van der Waals surface area contributed by atoms with Crippen LogP contribution in [0.25, 0.3) is 0 Å². The monoisotopic (exact) mass is 344 g/mol. The maximum absolute atomic E-state index is 12.7. The Labute approximate surface area is 144 Å². The van der Waals surface area contributed by atoms with Gasteiger partial charge in [-0.05, 0) is 56.0 Å². The summed E-state index contributed by atoms with van der Waals surface area (Å²) in [6.45, 7) is 5.29. The van der Waals surface area contributed by atoms with Crippen molar-refractivity contribution in [2.75, 3.05) is 18.4 Å². The molecule has 0 radical (unpaired) electrons. The Morgan fingerprint density at radius 1 is 1.00 bits per heavy atom. The Balaban J connectivity index is 1.65. The van der Waals surface area contributed by atoms with Gasteiger partial charge in [-0.1, -0.05) is 30.3 Å². The zero-order valence-electron chi connectivity index (χ0n) is 14.2. The number of hydrogen-bond acceptors (Lipinski definition) is 3. The molecule has 1 N–H and O–H groups in total. The van der Waals surface area contributed by atoms with E-state index in [2.05, 4.69) is 37.4 Å². The van der Waals surface area contributed by atoms with Crippen LogP contribution in [0.5, 0.6) is 0 Å². The molecule has 1 aliphatic rings. The molecule has 0 atom stereocenters. The fourth-order valence-corrected chi connectivity index (χ4v) is 4.58. The van der Waals surface area contributed by atoms with Crippen LogP contribution in [-0.4, -0.2) is 31.9 Å². The first-order valence-corrected chi connectivity index (χ1v) is 9.80. The summed E-state index contributed by atoms with van der Waals surface area (Å²) in [5.41, 5.74) is 3.60. The molecule has 0 spiro atoms. The summed E-state index contributed by atoms with van der Waals surface area (Å²) in [6.07, 6.45) is 1.64. The van der Waals surface area contributed by atoms with Crippen LogP contribution in [0, 0.1) is 13.8 Å². The molecule has 0 bridgehead atoms. The van der Waals surface area contributed by atoms with E-state index in [0.717, 1.165) is 18.5 Å². The molecule has 1 fully saturated rings. The Morgan fingerprint density at radius 3 is 2.33 bits per heavy atom. The number of hydrogen-bond donors (Lipinski definition) is 1. The average molecular weight is 344 g/mol. The minimum absolute atomic E-state index is 0.313. The summed E-state index contributed by atoms with van der Waals surface area (Å²) in [7, 11) is -3.37. The lowest BCUT2D eigenvalue weighted by atomic mass is 10.0. The topological polar surface area (TPSA) is 49.4 Å². The molecule has 0 aliphatic carbocycles. The molecule has 3 rings (SSSR count). The first kappa shape index (κ1) is 17.0. The van der Waals surface area contributed by atoms with Crippen LogP contribution < -0.4 is 5.32 Å². The minimum atomic E-state index is -3.37. The van der Waals surface area contributed by atoms with E-state index >= 15 is 0 Å². The Hall–Kier alpha value is -1.85. The second-order valence-corrected chi connectivity index (χ2v) is 8.39. The Kier molecular flexibility index (Phi) is 4.92. The molecular formula is C19H24N2O2S. The van der Waals surface area contributed by atoms with Crippen molar-refractivity contribution < 1.29 is 8.42 Å². The maximum Gasteiger partial charge on any atom is 0.243 e. The Bertz CT molecular complexity index is 795. The smallest absolute Gasteiger partial charge is 0.243 e. The van der Waals surface area contributed by atoms with Gasteiger partial charge in [0.1, 0.15) is 0 Å². The van der Waals surface area contributed by atoms with E-state index in [1.165, 1.54) is 11.1 Å². The van der Waals surface area contributed by atoms with Gasteiger partial charge in [0.25, 0.3) is 0 Å². The number of nitrogens with zero attached hydrogens (tertiary/aromatic N) is 1. The fourth-order valence-electron chi connectivity index (χ4n) is 3.09. The van der Waals surface area contributed by atoms with Crippen LogP contribution in [0.1, 0.15) is 24.0 Å². The molecular weight excluding hydrogens is 320 g/mol. The normalized spacial score (nSPS) is 16.9. The number of aryl methyl sites for hydroxylation is 2. The van der Waals surface area contributed by atoms with Crippen molar-refractivity contribution in [3.63, 3.8) is 0 Å². The first-order valence-electron chi connectivity index (χ1n) is 8.36. The summed E-state index contributed by atoms with van der Waals surface area (Å²) >= 11 is 0. The van der Waals surface area contributed by atoms with E-state index in [0.29, 0.717) is 24.0 Å². The summed E-state index contributed by atoms with van der Waals surface area (Å²) < 4.78 is 26.9. The molecule has 24 heavy (non-hydrogen) atoms. The van der Waals surface area contributed by atoms with Crippen LogP contribution in [0.3, 0.4) is 0 Å². The number of anilines is 1. The van der Waals surface area contributed by atoms with Gasteiger partial charge in [-0.15, -0.1) is 0 Å².